The summed E-state index contributed by atoms with van der Waals surface area (Å²) in [6, 6.07) is 12.0. The Morgan fingerprint density at radius 1 is 1.02 bits per heavy atom. The van der Waals surface area contributed by atoms with Gasteiger partial charge in [-0.25, -0.2) is 16.8 Å². The number of fused-ring (bicyclic) bond motifs is 1. The summed E-state index contributed by atoms with van der Waals surface area (Å²) in [5.74, 6) is -1.60. The van der Waals surface area contributed by atoms with E-state index in [0.717, 1.165) is 15.9 Å². The third kappa shape index (κ3) is 7.03. The number of sulfonamides is 1. The van der Waals surface area contributed by atoms with E-state index < -0.39 is 61.0 Å². The Morgan fingerprint density at radius 2 is 1.68 bits per heavy atom. The molecule has 1 fully saturated rings. The Labute approximate surface area is 239 Å². The first-order chi connectivity index (χ1) is 19.3. The van der Waals surface area contributed by atoms with Gasteiger partial charge in [0.2, 0.25) is 15.9 Å². The van der Waals surface area contributed by atoms with E-state index in [1.54, 1.807) is 24.3 Å². The molecule has 2 aromatic carbocycles. The second-order valence-electron chi connectivity index (χ2n) is 10.5. The Balaban J connectivity index is 1.48. The summed E-state index contributed by atoms with van der Waals surface area (Å²) in [7, 11) is -8.17. The van der Waals surface area contributed by atoms with Crippen molar-refractivity contribution in [1.29, 1.82) is 0 Å². The minimum atomic E-state index is -4.32. The third-order valence-corrected chi connectivity index (χ3v) is 9.97. The lowest BCUT2D eigenvalue weighted by molar-refractivity contribution is -0.129. The van der Waals surface area contributed by atoms with Crippen molar-refractivity contribution in [1.82, 2.24) is 14.9 Å². The number of nitrogens with zero attached hydrogens (tertiary/aromatic N) is 1. The average molecular weight is 604 g/mol. The van der Waals surface area contributed by atoms with Crippen LogP contribution in [-0.2, 0) is 29.4 Å². The summed E-state index contributed by atoms with van der Waals surface area (Å²) in [6.45, 7) is 3.21. The van der Waals surface area contributed by atoms with Crippen molar-refractivity contribution in [3.63, 3.8) is 0 Å². The molecule has 1 unspecified atom stereocenters. The van der Waals surface area contributed by atoms with Gasteiger partial charge in [0.15, 0.2) is 21.4 Å². The molecule has 1 saturated heterocycles. The molecule has 0 saturated carbocycles. The maximum absolute atomic E-state index is 13.4. The predicted octanol–water partition coefficient (Wildman–Crippen LogP) is 2.52. The number of benzene rings is 2. The van der Waals surface area contributed by atoms with Crippen LogP contribution in [0.2, 0.25) is 0 Å². The number of rotatable bonds is 9. The topological polar surface area (TPSA) is 160 Å². The molecule has 2 atom stereocenters. The van der Waals surface area contributed by atoms with Gasteiger partial charge in [-0.05, 0) is 49.4 Å². The molecule has 0 aliphatic carbocycles. The van der Waals surface area contributed by atoms with Crippen molar-refractivity contribution < 1.29 is 35.6 Å². The second-order valence-corrected chi connectivity index (χ2v) is 14.4. The van der Waals surface area contributed by atoms with E-state index in [0.29, 0.717) is 12.0 Å². The molecule has 1 aliphatic rings. The molecule has 4 rings (SSSR count). The molecule has 2 amide bonds. The van der Waals surface area contributed by atoms with Crippen molar-refractivity contribution in [3.05, 3.63) is 60.4 Å². The summed E-state index contributed by atoms with van der Waals surface area (Å²) in [6.07, 6.45) is 1.63. The van der Waals surface area contributed by atoms with Gasteiger partial charge in [0.05, 0.1) is 17.5 Å². The highest BCUT2D eigenvalue weighted by Gasteiger charge is 2.36. The number of amides is 2. The summed E-state index contributed by atoms with van der Waals surface area (Å²) < 4.78 is 57.8. The van der Waals surface area contributed by atoms with Crippen LogP contribution < -0.4 is 10.6 Å². The number of para-hydroxylation sites is 1. The predicted molar refractivity (Wildman–Crippen MR) is 151 cm³/mol. The highest BCUT2D eigenvalue weighted by atomic mass is 32.2. The molecule has 41 heavy (non-hydrogen) atoms. The van der Waals surface area contributed by atoms with Gasteiger partial charge in [0, 0.05) is 18.2 Å². The molecule has 2 heterocycles. The van der Waals surface area contributed by atoms with Crippen LogP contribution in [0.1, 0.15) is 43.7 Å². The highest BCUT2D eigenvalue weighted by molar-refractivity contribution is 7.93. The molecule has 2 N–H and O–H groups in total. The van der Waals surface area contributed by atoms with E-state index in [9.17, 15) is 31.2 Å². The smallest absolute Gasteiger partial charge is 0.287 e. The first kappa shape index (κ1) is 30.4. The molecule has 0 radical (unpaired) electrons. The summed E-state index contributed by atoms with van der Waals surface area (Å²) >= 11 is 0. The Morgan fingerprint density at radius 3 is 2.34 bits per heavy atom. The molecular formula is C28H33N3O8S2. The minimum absolute atomic E-state index is 0.0297. The number of hydrogen-bond acceptors (Lipinski definition) is 8. The second kappa shape index (κ2) is 12.1. The first-order valence-electron chi connectivity index (χ1n) is 13.2. The van der Waals surface area contributed by atoms with Crippen LogP contribution in [0.4, 0.5) is 0 Å². The zero-order valence-corrected chi connectivity index (χ0v) is 24.6. The molecule has 0 spiro atoms. The lowest BCUT2D eigenvalue weighted by Crippen LogP contribution is -2.52. The Bertz CT molecular complexity index is 1650. The number of carbonyl (C=O) groups excluding carboxylic acids is 3. The standard InChI is InChI=1S/C28H33N3O8S2/c1-18(2)15-21(30-28(34)24-16-19-9-4-5-11-23(19)39-24)27(33)29-20-10-8-14-31(17-22(20)32)41(37,38)26-13-7-6-12-25(26)40(3,35)36/h4-7,9,11-13,16,18,20-21H,8,10,14-15,17H2,1-3H3,(H,29,33)(H,30,34)/t20-,21?/m0/s1. The largest absolute Gasteiger partial charge is 0.451 e. The maximum Gasteiger partial charge on any atom is 0.287 e. The van der Waals surface area contributed by atoms with Crippen LogP contribution in [0, 0.1) is 5.92 Å². The van der Waals surface area contributed by atoms with Gasteiger partial charge >= 0.3 is 0 Å². The van der Waals surface area contributed by atoms with Crippen molar-refractivity contribution in [2.24, 2.45) is 5.92 Å². The zero-order chi connectivity index (χ0) is 29.9. The lowest BCUT2D eigenvalue weighted by atomic mass is 10.0. The number of hydrogen-bond donors (Lipinski definition) is 2. The van der Waals surface area contributed by atoms with Crippen molar-refractivity contribution in [2.45, 2.75) is 55.0 Å². The molecule has 3 aromatic rings. The highest BCUT2D eigenvalue weighted by Crippen LogP contribution is 2.26. The van der Waals surface area contributed by atoms with Gasteiger partial charge in [0.25, 0.3) is 5.91 Å². The quantitative estimate of drug-likeness (QED) is 0.377. The summed E-state index contributed by atoms with van der Waals surface area (Å²) in [4.78, 5) is 38.6. The fraction of sp³-hybridized carbons (Fsp3) is 0.393. The van der Waals surface area contributed by atoms with E-state index in [4.69, 9.17) is 4.42 Å². The third-order valence-electron chi connectivity index (χ3n) is 6.78. The lowest BCUT2D eigenvalue weighted by Gasteiger charge is -2.23. The molecular weight excluding hydrogens is 570 g/mol. The fourth-order valence-corrected chi connectivity index (χ4v) is 7.81. The van der Waals surface area contributed by atoms with Gasteiger partial charge in [-0.1, -0.05) is 44.2 Å². The van der Waals surface area contributed by atoms with E-state index in [2.05, 4.69) is 10.6 Å². The zero-order valence-electron chi connectivity index (χ0n) is 23.0. The summed E-state index contributed by atoms with van der Waals surface area (Å²) in [5.41, 5.74) is 0.533. The monoisotopic (exact) mass is 603 g/mol. The van der Waals surface area contributed by atoms with Crippen LogP contribution in [0.25, 0.3) is 11.0 Å². The minimum Gasteiger partial charge on any atom is -0.451 e. The van der Waals surface area contributed by atoms with E-state index in [1.807, 2.05) is 19.9 Å². The van der Waals surface area contributed by atoms with E-state index in [-0.39, 0.29) is 36.0 Å². The van der Waals surface area contributed by atoms with Crippen LogP contribution in [-0.4, -0.2) is 70.2 Å². The van der Waals surface area contributed by atoms with Gasteiger partial charge < -0.3 is 15.1 Å². The van der Waals surface area contributed by atoms with Crippen molar-refractivity contribution >= 4 is 48.4 Å². The molecule has 0 bridgehead atoms. The number of Topliss-reactive ketones (excluding diaryl/α,β-unsaturated/α-hetero) is 1. The molecule has 11 nitrogen and oxygen atoms in total. The van der Waals surface area contributed by atoms with Crippen LogP contribution in [0.3, 0.4) is 0 Å². The fourth-order valence-electron chi connectivity index (χ4n) is 4.76. The van der Waals surface area contributed by atoms with E-state index >= 15 is 0 Å². The molecule has 1 aromatic heterocycles. The molecule has 13 heteroatoms. The van der Waals surface area contributed by atoms with Gasteiger partial charge in [-0.2, -0.15) is 4.31 Å². The number of sulfone groups is 1. The molecule has 1 aliphatic heterocycles. The number of nitrogens with one attached hydrogen (secondary N) is 2. The van der Waals surface area contributed by atoms with Crippen molar-refractivity contribution in [2.75, 3.05) is 19.3 Å². The van der Waals surface area contributed by atoms with Gasteiger partial charge in [0.1, 0.15) is 16.5 Å². The Kier molecular flexibility index (Phi) is 9.00. The van der Waals surface area contributed by atoms with Crippen LogP contribution in [0.5, 0.6) is 0 Å². The van der Waals surface area contributed by atoms with Crippen molar-refractivity contribution in [3.8, 4) is 0 Å². The SMILES string of the molecule is CC(C)CC(NC(=O)c1cc2ccccc2o1)C(=O)N[C@H]1CCCN(S(=O)(=O)c2ccccc2S(C)(=O)=O)CC1=O. The number of carbonyl (C=O) groups is 3. The van der Waals surface area contributed by atoms with Gasteiger partial charge in [-0.3, -0.25) is 14.4 Å². The average Bonchev–Trinajstić information content (AvgIpc) is 3.26. The first-order valence-corrected chi connectivity index (χ1v) is 16.5. The number of ketones is 1. The van der Waals surface area contributed by atoms with Crippen LogP contribution >= 0.6 is 0 Å². The normalized spacial score (nSPS) is 17.8. The summed E-state index contributed by atoms with van der Waals surface area (Å²) in [5, 5.41) is 6.14. The van der Waals surface area contributed by atoms with Crippen LogP contribution in [0.15, 0.2) is 68.8 Å². The Hall–Kier alpha value is -3.55. The number of furan rings is 1. The molecule has 220 valence electrons. The van der Waals surface area contributed by atoms with E-state index in [1.165, 1.54) is 24.3 Å². The van der Waals surface area contributed by atoms with Gasteiger partial charge in [-0.15, -0.1) is 0 Å². The maximum atomic E-state index is 13.4.